The average Bonchev–Trinajstić information content (AvgIpc) is 2.59. The van der Waals surface area contributed by atoms with Crippen molar-refractivity contribution in [3.63, 3.8) is 0 Å². The summed E-state index contributed by atoms with van der Waals surface area (Å²) in [5.74, 6) is -0.0651. The van der Waals surface area contributed by atoms with Gasteiger partial charge in [0.2, 0.25) is 0 Å². The van der Waals surface area contributed by atoms with Gasteiger partial charge in [-0.15, -0.1) is 0 Å². The third-order valence-corrected chi connectivity index (χ3v) is 4.21. The van der Waals surface area contributed by atoms with Gasteiger partial charge in [-0.3, -0.25) is 4.79 Å². The molecule has 0 rings (SSSR count). The third kappa shape index (κ3) is 23.8. The Bertz CT molecular complexity index is 217. The predicted octanol–water partition coefficient (Wildman–Crippen LogP) is 6.03. The lowest BCUT2D eigenvalue weighted by molar-refractivity contribution is -0.140. The highest BCUT2D eigenvalue weighted by atomic mass is 16.5. The van der Waals surface area contributed by atoms with Gasteiger partial charge < -0.3 is 9.84 Å². The van der Waals surface area contributed by atoms with Crippen molar-refractivity contribution >= 4 is 5.97 Å². The maximum Gasteiger partial charge on any atom is 0.305 e. The fourth-order valence-electron chi connectivity index (χ4n) is 2.74. The van der Waals surface area contributed by atoms with Gasteiger partial charge in [-0.05, 0) is 6.42 Å². The van der Waals surface area contributed by atoms with Crippen LogP contribution in [-0.2, 0) is 9.53 Å². The van der Waals surface area contributed by atoms with Gasteiger partial charge in [0, 0.05) is 13.5 Å². The predicted molar refractivity (Wildman–Crippen MR) is 99.7 cm³/mol. The molecule has 0 radical (unpaired) electrons. The van der Waals surface area contributed by atoms with Crippen molar-refractivity contribution in [2.45, 2.75) is 110 Å². The van der Waals surface area contributed by atoms with Crippen molar-refractivity contribution in [1.82, 2.24) is 0 Å². The van der Waals surface area contributed by atoms with Crippen LogP contribution >= 0.6 is 0 Å². The highest BCUT2D eigenvalue weighted by Gasteiger charge is 1.99. The van der Waals surface area contributed by atoms with Crippen molar-refractivity contribution < 1.29 is 14.6 Å². The molecule has 0 atom stereocenters. The number of aliphatic hydroxyl groups excluding tert-OH is 1. The molecule has 0 aliphatic heterocycles. The molecule has 0 aromatic heterocycles. The molecule has 3 nitrogen and oxygen atoms in total. The molecule has 0 heterocycles. The summed E-state index contributed by atoms with van der Waals surface area (Å²) in [5, 5.41) is 7.00. The second-order valence-electron chi connectivity index (χ2n) is 6.28. The van der Waals surface area contributed by atoms with Crippen molar-refractivity contribution in [3.8, 4) is 0 Å². The summed E-state index contributed by atoms with van der Waals surface area (Å²) < 4.78 is 4.63. The van der Waals surface area contributed by atoms with Crippen molar-refractivity contribution in [2.24, 2.45) is 0 Å². The van der Waals surface area contributed by atoms with E-state index in [4.69, 9.17) is 5.11 Å². The number of methoxy groups -OCH3 is 1. The molecule has 0 unspecified atom stereocenters. The Kier molecular flexibility index (Phi) is 25.4. The van der Waals surface area contributed by atoms with E-state index in [-0.39, 0.29) is 5.97 Å². The number of hydrogen-bond acceptors (Lipinski definition) is 3. The quantitative estimate of drug-likeness (QED) is 0.277. The van der Waals surface area contributed by atoms with Gasteiger partial charge in [0.15, 0.2) is 0 Å². The molecule has 0 bridgehead atoms. The molecule has 1 N–H and O–H groups in total. The molecule has 0 spiro atoms. The van der Waals surface area contributed by atoms with Crippen LogP contribution in [0.2, 0.25) is 0 Å². The first kappa shape index (κ1) is 24.7. The smallest absolute Gasteiger partial charge is 0.305 e. The number of esters is 1. The van der Waals surface area contributed by atoms with Gasteiger partial charge >= 0.3 is 5.97 Å². The fraction of sp³-hybridized carbons (Fsp3) is 0.950. The molecule has 0 saturated heterocycles. The van der Waals surface area contributed by atoms with Crippen LogP contribution < -0.4 is 0 Å². The summed E-state index contributed by atoms with van der Waals surface area (Å²) in [7, 11) is 2.47. The van der Waals surface area contributed by atoms with E-state index in [0.29, 0.717) is 6.42 Å². The molecular weight excluding hydrogens is 288 g/mol. The summed E-state index contributed by atoms with van der Waals surface area (Å²) in [4.78, 5) is 10.9. The molecule has 3 heteroatoms. The summed E-state index contributed by atoms with van der Waals surface area (Å²) >= 11 is 0. The van der Waals surface area contributed by atoms with E-state index in [1.54, 1.807) is 0 Å². The minimum absolute atomic E-state index is 0.0651. The Morgan fingerprint density at radius 1 is 0.652 bits per heavy atom. The molecule has 0 saturated carbocycles. The van der Waals surface area contributed by atoms with E-state index >= 15 is 0 Å². The molecule has 140 valence electrons. The number of rotatable bonds is 16. The molecule has 0 aliphatic rings. The number of hydrogen-bond donors (Lipinski definition) is 1. The lowest BCUT2D eigenvalue weighted by Crippen LogP contribution is -1.99. The minimum Gasteiger partial charge on any atom is -0.469 e. The molecule has 23 heavy (non-hydrogen) atoms. The number of carbonyl (C=O) groups is 1. The van der Waals surface area contributed by atoms with E-state index in [9.17, 15) is 4.79 Å². The van der Waals surface area contributed by atoms with Crippen LogP contribution in [0.25, 0.3) is 0 Å². The van der Waals surface area contributed by atoms with Crippen molar-refractivity contribution in [3.05, 3.63) is 0 Å². The van der Waals surface area contributed by atoms with Gasteiger partial charge in [0.05, 0.1) is 7.11 Å². The second kappa shape index (κ2) is 23.7. The Hall–Kier alpha value is -0.570. The summed E-state index contributed by atoms with van der Waals surface area (Å²) in [5.41, 5.74) is 0. The second-order valence-corrected chi connectivity index (χ2v) is 6.28. The van der Waals surface area contributed by atoms with Gasteiger partial charge in [0.1, 0.15) is 0 Å². The number of ether oxygens (including phenoxy) is 1. The van der Waals surface area contributed by atoms with Gasteiger partial charge in [-0.25, -0.2) is 0 Å². The molecule has 0 aliphatic carbocycles. The normalized spacial score (nSPS) is 10.1. The lowest BCUT2D eigenvalue weighted by atomic mass is 10.0. The maximum atomic E-state index is 10.9. The van der Waals surface area contributed by atoms with E-state index in [1.807, 2.05) is 0 Å². The first-order valence-electron chi connectivity index (χ1n) is 9.82. The van der Waals surface area contributed by atoms with Gasteiger partial charge in [-0.2, -0.15) is 0 Å². The topological polar surface area (TPSA) is 46.5 Å². The van der Waals surface area contributed by atoms with Gasteiger partial charge in [-0.1, -0.05) is 96.8 Å². The highest BCUT2D eigenvalue weighted by molar-refractivity contribution is 5.68. The maximum absolute atomic E-state index is 10.9. The highest BCUT2D eigenvalue weighted by Crippen LogP contribution is 2.13. The number of unbranched alkanes of at least 4 members (excludes halogenated alkanes) is 14. The molecule has 0 fully saturated rings. The van der Waals surface area contributed by atoms with Crippen LogP contribution in [0.5, 0.6) is 0 Å². The van der Waals surface area contributed by atoms with Gasteiger partial charge in [0.25, 0.3) is 0 Å². The van der Waals surface area contributed by atoms with E-state index in [1.165, 1.54) is 97.0 Å². The Morgan fingerprint density at radius 3 is 1.26 bits per heavy atom. The molecule has 0 amide bonds. The summed E-state index contributed by atoms with van der Waals surface area (Å²) in [6.07, 6.45) is 20.9. The average molecular weight is 331 g/mol. The van der Waals surface area contributed by atoms with E-state index in [0.717, 1.165) is 13.5 Å². The van der Waals surface area contributed by atoms with Crippen LogP contribution in [0.1, 0.15) is 110 Å². The molecular formula is C20H42O3. The van der Waals surface area contributed by atoms with Crippen molar-refractivity contribution in [1.29, 1.82) is 0 Å². The van der Waals surface area contributed by atoms with Crippen LogP contribution in [0.4, 0.5) is 0 Å². The number of carbonyl (C=O) groups excluding carboxylic acids is 1. The summed E-state index contributed by atoms with van der Waals surface area (Å²) in [6.45, 7) is 2.28. The Balaban J connectivity index is 0. The Morgan fingerprint density at radius 2 is 0.957 bits per heavy atom. The zero-order valence-corrected chi connectivity index (χ0v) is 16.1. The van der Waals surface area contributed by atoms with Crippen LogP contribution in [0.15, 0.2) is 0 Å². The SMILES string of the molecule is CCCCCCCCCCCCCCCCCC(=O)OC.CO. The van der Waals surface area contributed by atoms with E-state index in [2.05, 4.69) is 11.7 Å². The first-order valence-corrected chi connectivity index (χ1v) is 9.82. The van der Waals surface area contributed by atoms with Crippen LogP contribution in [0.3, 0.4) is 0 Å². The minimum atomic E-state index is -0.0651. The monoisotopic (exact) mass is 330 g/mol. The van der Waals surface area contributed by atoms with Crippen LogP contribution in [0, 0.1) is 0 Å². The number of aliphatic hydroxyl groups is 1. The van der Waals surface area contributed by atoms with Crippen LogP contribution in [-0.4, -0.2) is 25.3 Å². The zero-order valence-electron chi connectivity index (χ0n) is 16.1. The third-order valence-electron chi connectivity index (χ3n) is 4.21. The van der Waals surface area contributed by atoms with Crippen molar-refractivity contribution in [2.75, 3.05) is 14.2 Å². The fourth-order valence-corrected chi connectivity index (χ4v) is 2.74. The molecule has 0 aromatic rings. The zero-order chi connectivity index (χ0) is 17.6. The lowest BCUT2D eigenvalue weighted by Gasteiger charge is -2.03. The Labute approximate surface area is 145 Å². The summed E-state index contributed by atoms with van der Waals surface area (Å²) in [6, 6.07) is 0. The van der Waals surface area contributed by atoms with E-state index < -0.39 is 0 Å². The largest absolute Gasteiger partial charge is 0.469 e. The first-order chi connectivity index (χ1) is 11.3. The standard InChI is InChI=1S/C19H38O2.CH4O/c1-3-4-5-6-7-8-9-10-11-12-13-14-15-16-17-18-19(20)21-2;1-2/h3-18H2,1-2H3;2H,1H3. The molecule has 0 aromatic carbocycles.